The van der Waals surface area contributed by atoms with Crippen LogP contribution < -0.4 is 5.32 Å². The molecule has 0 aliphatic carbocycles. The molecule has 29 heavy (non-hydrogen) atoms. The molecule has 5 aromatic rings. The molecule has 0 radical (unpaired) electrons. The molecular formula is C22H15F2N5. The van der Waals surface area contributed by atoms with Crippen molar-refractivity contribution in [3.63, 3.8) is 0 Å². The average Bonchev–Trinajstić information content (AvgIpc) is 3.15. The maximum atomic E-state index is 13.5. The second-order valence-corrected chi connectivity index (χ2v) is 6.59. The molecule has 0 saturated heterocycles. The van der Waals surface area contributed by atoms with Crippen LogP contribution in [0.15, 0.2) is 66.7 Å². The Morgan fingerprint density at radius 2 is 1.69 bits per heavy atom. The molecule has 0 atom stereocenters. The molecule has 0 saturated carbocycles. The second-order valence-electron chi connectivity index (χ2n) is 6.59. The van der Waals surface area contributed by atoms with Crippen molar-refractivity contribution in [1.82, 2.24) is 20.2 Å². The van der Waals surface area contributed by atoms with Crippen molar-refractivity contribution in [2.45, 2.75) is 6.67 Å². The van der Waals surface area contributed by atoms with Gasteiger partial charge in [-0.2, -0.15) is 5.10 Å². The first kappa shape index (κ1) is 17.2. The van der Waals surface area contributed by atoms with Crippen LogP contribution in [0, 0.1) is 5.82 Å². The summed E-state index contributed by atoms with van der Waals surface area (Å²) >= 11 is 0. The smallest absolute Gasteiger partial charge is 0.162 e. The number of anilines is 2. The molecule has 0 aliphatic heterocycles. The SMILES string of the molecule is FCc1ccccc1-c1nc(Nc2n[nH]c3cc(F)ccc23)c2ccccc2n1. The Kier molecular flexibility index (Phi) is 4.13. The number of nitrogens with one attached hydrogen (secondary N) is 2. The molecule has 0 amide bonds. The third-order valence-corrected chi connectivity index (χ3v) is 4.77. The molecule has 5 rings (SSSR count). The van der Waals surface area contributed by atoms with Crippen molar-refractivity contribution in [2.75, 3.05) is 5.32 Å². The Morgan fingerprint density at radius 1 is 0.862 bits per heavy atom. The van der Waals surface area contributed by atoms with E-state index in [0.29, 0.717) is 34.1 Å². The number of fused-ring (bicyclic) bond motifs is 2. The van der Waals surface area contributed by atoms with Crippen LogP contribution in [0.2, 0.25) is 0 Å². The van der Waals surface area contributed by atoms with E-state index in [-0.39, 0.29) is 5.82 Å². The third-order valence-electron chi connectivity index (χ3n) is 4.77. The lowest BCUT2D eigenvalue weighted by Gasteiger charge is -2.11. The highest BCUT2D eigenvalue weighted by atomic mass is 19.1. The van der Waals surface area contributed by atoms with Crippen molar-refractivity contribution in [2.24, 2.45) is 0 Å². The summed E-state index contributed by atoms with van der Waals surface area (Å²) in [4.78, 5) is 9.28. The largest absolute Gasteiger partial charge is 0.322 e. The minimum atomic E-state index is -0.606. The van der Waals surface area contributed by atoms with Gasteiger partial charge >= 0.3 is 0 Å². The summed E-state index contributed by atoms with van der Waals surface area (Å²) < 4.78 is 27.0. The van der Waals surface area contributed by atoms with Gasteiger partial charge in [-0.15, -0.1) is 0 Å². The lowest BCUT2D eigenvalue weighted by atomic mass is 10.1. The fraction of sp³-hybridized carbons (Fsp3) is 0.0455. The highest BCUT2D eigenvalue weighted by molar-refractivity contribution is 5.96. The summed E-state index contributed by atoms with van der Waals surface area (Å²) in [7, 11) is 0. The van der Waals surface area contributed by atoms with Gasteiger partial charge in [-0.1, -0.05) is 36.4 Å². The summed E-state index contributed by atoms with van der Waals surface area (Å²) in [6.45, 7) is -0.606. The highest BCUT2D eigenvalue weighted by Crippen LogP contribution is 2.30. The fourth-order valence-electron chi connectivity index (χ4n) is 3.35. The first-order valence-corrected chi connectivity index (χ1v) is 9.04. The lowest BCUT2D eigenvalue weighted by molar-refractivity contribution is 0.486. The second kappa shape index (κ2) is 6.94. The van der Waals surface area contributed by atoms with Crippen LogP contribution in [0.4, 0.5) is 20.4 Å². The van der Waals surface area contributed by atoms with E-state index >= 15 is 0 Å². The summed E-state index contributed by atoms with van der Waals surface area (Å²) in [6.07, 6.45) is 0. The van der Waals surface area contributed by atoms with Crippen LogP contribution in [0.1, 0.15) is 5.56 Å². The van der Waals surface area contributed by atoms with Gasteiger partial charge in [0.2, 0.25) is 0 Å². The van der Waals surface area contributed by atoms with E-state index in [9.17, 15) is 8.78 Å². The van der Waals surface area contributed by atoms with Crippen molar-refractivity contribution >= 4 is 33.4 Å². The molecule has 0 bridgehead atoms. The Bertz CT molecular complexity index is 1350. The summed E-state index contributed by atoms with van der Waals surface area (Å²) in [6, 6.07) is 19.1. The van der Waals surface area contributed by atoms with Crippen LogP contribution in [0.5, 0.6) is 0 Å². The number of hydrogen-bond donors (Lipinski definition) is 2. The van der Waals surface area contributed by atoms with E-state index in [2.05, 4.69) is 25.5 Å². The van der Waals surface area contributed by atoms with E-state index in [4.69, 9.17) is 0 Å². The van der Waals surface area contributed by atoms with E-state index < -0.39 is 6.67 Å². The predicted molar refractivity (Wildman–Crippen MR) is 109 cm³/mol. The molecule has 0 spiro atoms. The zero-order chi connectivity index (χ0) is 19.8. The topological polar surface area (TPSA) is 66.5 Å². The number of benzene rings is 3. The van der Waals surface area contributed by atoms with Crippen LogP contribution in [0.25, 0.3) is 33.2 Å². The van der Waals surface area contributed by atoms with Crippen molar-refractivity contribution < 1.29 is 8.78 Å². The van der Waals surface area contributed by atoms with Gasteiger partial charge < -0.3 is 5.32 Å². The maximum Gasteiger partial charge on any atom is 0.162 e. The molecule has 5 nitrogen and oxygen atoms in total. The Labute approximate surface area is 164 Å². The Hall–Kier alpha value is -3.87. The number of H-pyrrole nitrogens is 1. The van der Waals surface area contributed by atoms with Crippen molar-refractivity contribution in [3.8, 4) is 11.4 Å². The molecule has 2 N–H and O–H groups in total. The molecule has 0 unspecified atom stereocenters. The van der Waals surface area contributed by atoms with Gasteiger partial charge in [0, 0.05) is 16.3 Å². The summed E-state index contributed by atoms with van der Waals surface area (Å²) in [5.74, 6) is 1.14. The number of nitrogens with zero attached hydrogens (tertiary/aromatic N) is 3. The highest BCUT2D eigenvalue weighted by Gasteiger charge is 2.14. The first-order chi connectivity index (χ1) is 14.2. The number of halogens is 2. The summed E-state index contributed by atoms with van der Waals surface area (Å²) in [5.41, 5.74) is 2.46. The van der Waals surface area contributed by atoms with Crippen LogP contribution in [-0.2, 0) is 6.67 Å². The summed E-state index contributed by atoms with van der Waals surface area (Å²) in [5, 5.41) is 11.8. The van der Waals surface area contributed by atoms with Crippen LogP contribution in [0.3, 0.4) is 0 Å². The van der Waals surface area contributed by atoms with Gasteiger partial charge in [-0.3, -0.25) is 5.10 Å². The van der Waals surface area contributed by atoms with Gasteiger partial charge in [0.25, 0.3) is 0 Å². The monoisotopic (exact) mass is 387 g/mol. The minimum Gasteiger partial charge on any atom is -0.322 e. The Balaban J connectivity index is 1.68. The Morgan fingerprint density at radius 3 is 2.59 bits per heavy atom. The minimum absolute atomic E-state index is 0.342. The third kappa shape index (κ3) is 3.06. The first-order valence-electron chi connectivity index (χ1n) is 9.04. The lowest BCUT2D eigenvalue weighted by Crippen LogP contribution is -2.01. The van der Waals surface area contributed by atoms with E-state index in [1.807, 2.05) is 30.3 Å². The van der Waals surface area contributed by atoms with Crippen molar-refractivity contribution in [1.29, 1.82) is 0 Å². The van der Waals surface area contributed by atoms with Gasteiger partial charge in [0.1, 0.15) is 18.3 Å². The molecule has 0 aliphatic rings. The normalized spacial score (nSPS) is 11.2. The van der Waals surface area contributed by atoms with Gasteiger partial charge in [0.05, 0.1) is 11.0 Å². The molecule has 2 aromatic heterocycles. The van der Waals surface area contributed by atoms with Gasteiger partial charge in [0.15, 0.2) is 11.6 Å². The molecule has 3 aromatic carbocycles. The molecule has 142 valence electrons. The number of aromatic nitrogens is 4. The predicted octanol–water partition coefficient (Wildman–Crippen LogP) is 5.53. The number of rotatable bonds is 4. The molecule has 2 heterocycles. The van der Waals surface area contributed by atoms with E-state index in [1.54, 1.807) is 24.3 Å². The van der Waals surface area contributed by atoms with Crippen molar-refractivity contribution in [3.05, 3.63) is 78.1 Å². The number of hydrogen-bond acceptors (Lipinski definition) is 4. The maximum absolute atomic E-state index is 13.5. The number of para-hydroxylation sites is 1. The molecular weight excluding hydrogens is 372 g/mol. The molecule has 7 heteroatoms. The van der Waals surface area contributed by atoms with E-state index in [1.165, 1.54) is 12.1 Å². The number of aromatic amines is 1. The quantitative estimate of drug-likeness (QED) is 0.426. The average molecular weight is 387 g/mol. The zero-order valence-corrected chi connectivity index (χ0v) is 15.2. The fourth-order valence-corrected chi connectivity index (χ4v) is 3.35. The van der Waals surface area contributed by atoms with E-state index in [0.717, 1.165) is 16.3 Å². The van der Waals surface area contributed by atoms with Gasteiger partial charge in [-0.25, -0.2) is 18.7 Å². The van der Waals surface area contributed by atoms with Crippen LogP contribution in [-0.4, -0.2) is 20.2 Å². The number of alkyl halides is 1. The molecule has 0 fully saturated rings. The van der Waals surface area contributed by atoms with Crippen LogP contribution >= 0.6 is 0 Å². The standard InChI is InChI=1S/C22H15F2N5/c23-12-13-5-1-2-6-15(13)20-25-18-8-4-3-7-16(18)21(26-20)27-22-17-10-9-14(24)11-19(17)28-29-22/h1-11H,12H2,(H2,25,26,27,28,29). The zero-order valence-electron chi connectivity index (χ0n) is 15.2. The van der Waals surface area contributed by atoms with Gasteiger partial charge in [-0.05, 0) is 35.9 Å².